The number of aryl methyl sites for hydroxylation is 1. The molecule has 19 heavy (non-hydrogen) atoms. The Bertz CT molecular complexity index is 589. The van der Waals surface area contributed by atoms with E-state index in [0.717, 1.165) is 16.9 Å². The van der Waals surface area contributed by atoms with Gasteiger partial charge in [-0.25, -0.2) is 4.79 Å². The average molecular weight is 280 g/mol. The Labute approximate surface area is 113 Å². The van der Waals surface area contributed by atoms with Crippen molar-refractivity contribution < 1.29 is 18.8 Å². The SMILES string of the molecule is CCOC(=O)c1sc(NC(=O)c2ccno2)cc1C. The van der Waals surface area contributed by atoms with Crippen molar-refractivity contribution in [1.82, 2.24) is 5.16 Å². The highest BCUT2D eigenvalue weighted by molar-refractivity contribution is 7.18. The summed E-state index contributed by atoms with van der Waals surface area (Å²) in [5, 5.41) is 6.65. The normalized spacial score (nSPS) is 10.2. The highest BCUT2D eigenvalue weighted by Gasteiger charge is 2.17. The summed E-state index contributed by atoms with van der Waals surface area (Å²) in [5.74, 6) is -0.678. The van der Waals surface area contributed by atoms with Gasteiger partial charge in [-0.3, -0.25) is 4.79 Å². The number of nitrogens with zero attached hydrogens (tertiary/aromatic N) is 1. The maximum Gasteiger partial charge on any atom is 0.348 e. The quantitative estimate of drug-likeness (QED) is 0.870. The molecule has 7 heteroatoms. The maximum absolute atomic E-state index is 11.7. The molecule has 0 saturated carbocycles. The number of carbonyl (C=O) groups excluding carboxylic acids is 2. The topological polar surface area (TPSA) is 81.4 Å². The van der Waals surface area contributed by atoms with Crippen LogP contribution in [0.15, 0.2) is 22.9 Å². The number of nitrogens with one attached hydrogen (secondary N) is 1. The van der Waals surface area contributed by atoms with E-state index >= 15 is 0 Å². The molecule has 0 spiro atoms. The zero-order chi connectivity index (χ0) is 13.8. The lowest BCUT2D eigenvalue weighted by atomic mass is 10.3. The van der Waals surface area contributed by atoms with E-state index in [4.69, 9.17) is 9.26 Å². The molecule has 0 aromatic carbocycles. The Morgan fingerprint density at radius 3 is 2.95 bits per heavy atom. The largest absolute Gasteiger partial charge is 0.462 e. The minimum Gasteiger partial charge on any atom is -0.462 e. The number of thiophene rings is 1. The molecule has 1 N–H and O–H groups in total. The minimum atomic E-state index is -0.408. The Morgan fingerprint density at radius 1 is 1.53 bits per heavy atom. The molecule has 2 aromatic heterocycles. The molecule has 0 unspecified atom stereocenters. The molecule has 0 aliphatic heterocycles. The highest BCUT2D eigenvalue weighted by atomic mass is 32.1. The van der Waals surface area contributed by atoms with Crippen LogP contribution in [0.5, 0.6) is 0 Å². The van der Waals surface area contributed by atoms with E-state index in [2.05, 4.69) is 10.5 Å². The van der Waals surface area contributed by atoms with Gasteiger partial charge in [-0.2, -0.15) is 0 Å². The molecule has 0 radical (unpaired) electrons. The van der Waals surface area contributed by atoms with Crippen LogP contribution in [0.1, 0.15) is 32.7 Å². The van der Waals surface area contributed by atoms with E-state index in [-0.39, 0.29) is 11.7 Å². The van der Waals surface area contributed by atoms with E-state index in [1.807, 2.05) is 0 Å². The molecule has 0 fully saturated rings. The first-order chi connectivity index (χ1) is 9.11. The molecule has 6 nitrogen and oxygen atoms in total. The van der Waals surface area contributed by atoms with Gasteiger partial charge in [0.25, 0.3) is 5.91 Å². The summed E-state index contributed by atoms with van der Waals surface area (Å²) in [6, 6.07) is 3.17. The molecule has 0 aliphatic rings. The molecule has 2 aromatic rings. The monoisotopic (exact) mass is 280 g/mol. The van der Waals surface area contributed by atoms with Gasteiger partial charge in [-0.15, -0.1) is 11.3 Å². The summed E-state index contributed by atoms with van der Waals surface area (Å²) in [4.78, 5) is 23.9. The van der Waals surface area contributed by atoms with Gasteiger partial charge < -0.3 is 14.6 Å². The lowest BCUT2D eigenvalue weighted by molar-refractivity contribution is 0.0531. The molecule has 0 aliphatic carbocycles. The van der Waals surface area contributed by atoms with Gasteiger partial charge in [0.05, 0.1) is 17.8 Å². The molecule has 0 saturated heterocycles. The summed E-state index contributed by atoms with van der Waals surface area (Å²) in [6.45, 7) is 3.84. The van der Waals surface area contributed by atoms with Crippen LogP contribution in [0.25, 0.3) is 0 Å². The van der Waals surface area contributed by atoms with Crippen LogP contribution in [0.3, 0.4) is 0 Å². The van der Waals surface area contributed by atoms with Gasteiger partial charge >= 0.3 is 5.97 Å². The van der Waals surface area contributed by atoms with Crippen LogP contribution in [-0.2, 0) is 4.74 Å². The number of carbonyl (C=O) groups is 2. The fourth-order valence-corrected chi connectivity index (χ4v) is 2.41. The number of hydrogen-bond acceptors (Lipinski definition) is 6. The smallest absolute Gasteiger partial charge is 0.348 e. The van der Waals surface area contributed by atoms with E-state index in [1.54, 1.807) is 19.9 Å². The third kappa shape index (κ3) is 3.00. The van der Waals surface area contributed by atoms with Crippen molar-refractivity contribution in [1.29, 1.82) is 0 Å². The van der Waals surface area contributed by atoms with Gasteiger partial charge in [-0.1, -0.05) is 5.16 Å². The second kappa shape index (κ2) is 5.66. The molecule has 2 heterocycles. The zero-order valence-electron chi connectivity index (χ0n) is 10.4. The Kier molecular flexibility index (Phi) is 3.96. The van der Waals surface area contributed by atoms with Crippen LogP contribution in [-0.4, -0.2) is 23.6 Å². The maximum atomic E-state index is 11.7. The first-order valence-corrected chi connectivity index (χ1v) is 6.43. The van der Waals surface area contributed by atoms with Crippen LogP contribution >= 0.6 is 11.3 Å². The predicted molar refractivity (Wildman–Crippen MR) is 69.5 cm³/mol. The lowest BCUT2D eigenvalue weighted by Crippen LogP contribution is -2.09. The summed E-state index contributed by atoms with van der Waals surface area (Å²) >= 11 is 1.16. The van der Waals surface area contributed by atoms with Crippen molar-refractivity contribution in [2.24, 2.45) is 0 Å². The summed E-state index contributed by atoms with van der Waals surface area (Å²) in [6.07, 6.45) is 1.39. The van der Waals surface area contributed by atoms with E-state index in [1.165, 1.54) is 12.3 Å². The molecule has 0 atom stereocenters. The van der Waals surface area contributed by atoms with Crippen molar-refractivity contribution in [3.63, 3.8) is 0 Å². The third-order valence-electron chi connectivity index (χ3n) is 2.28. The predicted octanol–water partition coefficient (Wildman–Crippen LogP) is 2.47. The average Bonchev–Trinajstić information content (AvgIpc) is 2.99. The summed E-state index contributed by atoms with van der Waals surface area (Å²) in [5.41, 5.74) is 0.760. The first-order valence-electron chi connectivity index (χ1n) is 5.61. The van der Waals surface area contributed by atoms with E-state index in [0.29, 0.717) is 16.5 Å². The van der Waals surface area contributed by atoms with Gasteiger partial charge in [0.1, 0.15) is 4.88 Å². The van der Waals surface area contributed by atoms with Crippen molar-refractivity contribution in [2.45, 2.75) is 13.8 Å². The van der Waals surface area contributed by atoms with Crippen LogP contribution in [0.4, 0.5) is 5.00 Å². The number of amides is 1. The first kappa shape index (κ1) is 13.3. The second-order valence-electron chi connectivity index (χ2n) is 3.67. The number of aromatic nitrogens is 1. The zero-order valence-corrected chi connectivity index (χ0v) is 11.2. The number of ether oxygens (including phenoxy) is 1. The van der Waals surface area contributed by atoms with Gasteiger partial charge in [-0.05, 0) is 25.5 Å². The van der Waals surface area contributed by atoms with Crippen LogP contribution in [0.2, 0.25) is 0 Å². The standard InChI is InChI=1S/C12H12N2O4S/c1-3-17-12(16)10-7(2)6-9(19-10)14-11(15)8-4-5-13-18-8/h4-6H,3H2,1-2H3,(H,14,15). The minimum absolute atomic E-state index is 0.115. The molecular weight excluding hydrogens is 268 g/mol. The lowest BCUT2D eigenvalue weighted by Gasteiger charge is -1.99. The van der Waals surface area contributed by atoms with Gasteiger partial charge in [0.15, 0.2) is 0 Å². The number of hydrogen-bond donors (Lipinski definition) is 1. The highest BCUT2D eigenvalue weighted by Crippen LogP contribution is 2.27. The Hall–Kier alpha value is -2.15. The van der Waals surface area contributed by atoms with E-state index in [9.17, 15) is 9.59 Å². The third-order valence-corrected chi connectivity index (χ3v) is 3.41. The molecule has 2 rings (SSSR count). The Balaban J connectivity index is 2.12. The van der Waals surface area contributed by atoms with Crippen molar-refractivity contribution in [3.8, 4) is 0 Å². The second-order valence-corrected chi connectivity index (χ2v) is 4.73. The molecule has 1 amide bonds. The molecule has 100 valence electrons. The number of anilines is 1. The molecule has 0 bridgehead atoms. The number of rotatable bonds is 4. The Morgan fingerprint density at radius 2 is 2.32 bits per heavy atom. The van der Waals surface area contributed by atoms with Crippen LogP contribution < -0.4 is 5.32 Å². The van der Waals surface area contributed by atoms with Crippen molar-refractivity contribution in [2.75, 3.05) is 11.9 Å². The van der Waals surface area contributed by atoms with Gasteiger partial charge in [0.2, 0.25) is 5.76 Å². The molecular formula is C12H12N2O4S. The van der Waals surface area contributed by atoms with Crippen molar-refractivity contribution >= 4 is 28.2 Å². The van der Waals surface area contributed by atoms with E-state index < -0.39 is 5.91 Å². The van der Waals surface area contributed by atoms with Crippen molar-refractivity contribution in [3.05, 3.63) is 34.5 Å². The fourth-order valence-electron chi connectivity index (χ4n) is 1.45. The fraction of sp³-hybridized carbons (Fsp3) is 0.250. The van der Waals surface area contributed by atoms with Crippen LogP contribution in [0, 0.1) is 6.92 Å². The number of esters is 1. The summed E-state index contributed by atoms with van der Waals surface area (Å²) < 4.78 is 9.67. The summed E-state index contributed by atoms with van der Waals surface area (Å²) in [7, 11) is 0. The van der Waals surface area contributed by atoms with Gasteiger partial charge in [0, 0.05) is 6.07 Å².